The molecule has 1 aromatic heterocycles. The highest BCUT2D eigenvalue weighted by Crippen LogP contribution is 2.29. The second kappa shape index (κ2) is 3.89. The van der Waals surface area contributed by atoms with E-state index in [1.165, 1.54) is 0 Å². The Kier molecular flexibility index (Phi) is 2.56. The molecule has 0 fully saturated rings. The van der Waals surface area contributed by atoms with Gasteiger partial charge in [-0.2, -0.15) is 0 Å². The number of aromatic nitrogens is 1. The number of benzene rings is 1. The van der Waals surface area contributed by atoms with Crippen molar-refractivity contribution in [2.75, 3.05) is 12.8 Å². The maximum absolute atomic E-state index is 5.49. The van der Waals surface area contributed by atoms with Crippen molar-refractivity contribution in [1.29, 1.82) is 0 Å². The molecule has 0 saturated heterocycles. The van der Waals surface area contributed by atoms with Crippen LogP contribution in [0.1, 0.15) is 11.1 Å². The Labute approximate surface area is 94.0 Å². The molecule has 2 rings (SSSR count). The van der Waals surface area contributed by atoms with E-state index in [9.17, 15) is 0 Å². The van der Waals surface area contributed by atoms with E-state index >= 15 is 0 Å². The van der Waals surface area contributed by atoms with Crippen LogP contribution in [0.3, 0.4) is 0 Å². The van der Waals surface area contributed by atoms with Crippen LogP contribution in [0.5, 0.6) is 5.75 Å². The number of rotatable bonds is 2. The average molecular weight is 218 g/mol. The molecule has 16 heavy (non-hydrogen) atoms. The largest absolute Gasteiger partial charge is 0.496 e. The van der Waals surface area contributed by atoms with Crippen LogP contribution in [-0.4, -0.2) is 12.3 Å². The Morgan fingerprint density at radius 1 is 1.25 bits per heavy atom. The van der Waals surface area contributed by atoms with Gasteiger partial charge in [0.15, 0.2) is 0 Å². The predicted molar refractivity (Wildman–Crippen MR) is 62.4 cm³/mol. The van der Waals surface area contributed by atoms with E-state index in [0.717, 1.165) is 28.1 Å². The van der Waals surface area contributed by atoms with Crippen molar-refractivity contribution in [1.82, 2.24) is 5.16 Å². The van der Waals surface area contributed by atoms with Crippen LogP contribution in [-0.2, 0) is 0 Å². The molecule has 4 heteroatoms. The highest BCUT2D eigenvalue weighted by atomic mass is 16.5. The molecule has 84 valence electrons. The lowest BCUT2D eigenvalue weighted by molar-refractivity contribution is 0.411. The zero-order chi connectivity index (χ0) is 11.7. The van der Waals surface area contributed by atoms with Gasteiger partial charge in [-0.3, -0.25) is 0 Å². The molecule has 0 radical (unpaired) electrons. The maximum atomic E-state index is 5.49. The second-order valence-electron chi connectivity index (χ2n) is 3.73. The van der Waals surface area contributed by atoms with Crippen molar-refractivity contribution in [3.05, 3.63) is 29.3 Å². The number of nitrogen functional groups attached to an aromatic ring is 1. The monoisotopic (exact) mass is 218 g/mol. The summed E-state index contributed by atoms with van der Waals surface area (Å²) in [5.74, 6) is 1.16. The fourth-order valence-corrected chi connectivity index (χ4v) is 1.61. The first kappa shape index (κ1) is 10.5. The summed E-state index contributed by atoms with van der Waals surface area (Å²) < 4.78 is 10.2. The van der Waals surface area contributed by atoms with Crippen LogP contribution in [0.25, 0.3) is 11.3 Å². The summed E-state index contributed by atoms with van der Waals surface area (Å²) in [5, 5.41) is 3.88. The normalized spacial score (nSPS) is 10.4. The van der Waals surface area contributed by atoms with Crippen molar-refractivity contribution >= 4 is 5.88 Å². The van der Waals surface area contributed by atoms with Crippen LogP contribution < -0.4 is 10.5 Å². The molecule has 2 aromatic rings. The molecule has 1 aromatic carbocycles. The van der Waals surface area contributed by atoms with Gasteiger partial charge >= 0.3 is 0 Å². The fourth-order valence-electron chi connectivity index (χ4n) is 1.61. The summed E-state index contributed by atoms with van der Waals surface area (Å²) in [7, 11) is 1.66. The SMILES string of the molecule is COc1cc(-c2cc(N)on2)cc(C)c1C. The summed E-state index contributed by atoms with van der Waals surface area (Å²) >= 11 is 0. The number of ether oxygens (including phenoxy) is 1. The van der Waals surface area contributed by atoms with Crippen molar-refractivity contribution in [3.8, 4) is 17.0 Å². The zero-order valence-electron chi connectivity index (χ0n) is 9.57. The van der Waals surface area contributed by atoms with Crippen LogP contribution in [0.2, 0.25) is 0 Å². The summed E-state index contributed by atoms with van der Waals surface area (Å²) in [5.41, 5.74) is 9.44. The third-order valence-electron chi connectivity index (χ3n) is 2.66. The van der Waals surface area contributed by atoms with Gasteiger partial charge in [0, 0.05) is 11.6 Å². The van der Waals surface area contributed by atoms with Gasteiger partial charge in [-0.1, -0.05) is 5.16 Å². The molecular formula is C12H14N2O2. The molecule has 0 spiro atoms. The smallest absolute Gasteiger partial charge is 0.222 e. The highest BCUT2D eigenvalue weighted by Gasteiger charge is 2.09. The van der Waals surface area contributed by atoms with Gasteiger partial charge in [0.1, 0.15) is 11.4 Å². The minimum Gasteiger partial charge on any atom is -0.496 e. The maximum Gasteiger partial charge on any atom is 0.222 e. The highest BCUT2D eigenvalue weighted by molar-refractivity contribution is 5.65. The van der Waals surface area contributed by atoms with Crippen molar-refractivity contribution in [2.45, 2.75) is 13.8 Å². The van der Waals surface area contributed by atoms with E-state index in [2.05, 4.69) is 5.16 Å². The number of aryl methyl sites for hydroxylation is 1. The van der Waals surface area contributed by atoms with Gasteiger partial charge in [-0.25, -0.2) is 0 Å². The predicted octanol–water partition coefficient (Wildman–Crippen LogP) is 2.55. The number of nitrogens with two attached hydrogens (primary N) is 1. The zero-order valence-corrected chi connectivity index (χ0v) is 9.57. The molecule has 0 bridgehead atoms. The molecule has 0 atom stereocenters. The van der Waals surface area contributed by atoms with Gasteiger partial charge in [0.25, 0.3) is 0 Å². The Hall–Kier alpha value is -1.97. The lowest BCUT2D eigenvalue weighted by Gasteiger charge is -2.09. The average Bonchev–Trinajstić information content (AvgIpc) is 2.69. The molecule has 1 heterocycles. The molecule has 0 aliphatic carbocycles. The Morgan fingerprint density at radius 2 is 2.00 bits per heavy atom. The van der Waals surface area contributed by atoms with E-state index in [0.29, 0.717) is 5.88 Å². The van der Waals surface area contributed by atoms with Gasteiger partial charge in [0.2, 0.25) is 5.88 Å². The molecule has 0 amide bonds. The number of anilines is 1. The van der Waals surface area contributed by atoms with Gasteiger partial charge in [-0.15, -0.1) is 0 Å². The van der Waals surface area contributed by atoms with E-state index in [1.54, 1.807) is 13.2 Å². The molecule has 2 N–H and O–H groups in total. The lowest BCUT2D eigenvalue weighted by atomic mass is 10.0. The van der Waals surface area contributed by atoms with Crippen LogP contribution in [0.4, 0.5) is 5.88 Å². The Balaban J connectivity index is 2.54. The minimum atomic E-state index is 0.312. The minimum absolute atomic E-state index is 0.312. The van der Waals surface area contributed by atoms with Crippen molar-refractivity contribution in [3.63, 3.8) is 0 Å². The first-order valence-corrected chi connectivity index (χ1v) is 4.99. The van der Waals surface area contributed by atoms with E-state index in [1.807, 2.05) is 26.0 Å². The molecule has 0 aliphatic heterocycles. The number of methoxy groups -OCH3 is 1. The fraction of sp³-hybridized carbons (Fsp3) is 0.250. The van der Waals surface area contributed by atoms with Crippen molar-refractivity contribution in [2.24, 2.45) is 0 Å². The molecule has 0 unspecified atom stereocenters. The van der Waals surface area contributed by atoms with Gasteiger partial charge in [-0.05, 0) is 37.1 Å². The summed E-state index contributed by atoms with van der Waals surface area (Å²) in [4.78, 5) is 0. The summed E-state index contributed by atoms with van der Waals surface area (Å²) in [6.07, 6.45) is 0. The number of nitrogens with zero attached hydrogens (tertiary/aromatic N) is 1. The second-order valence-corrected chi connectivity index (χ2v) is 3.73. The van der Waals surface area contributed by atoms with E-state index in [-0.39, 0.29) is 0 Å². The molecule has 0 aliphatic rings. The summed E-state index contributed by atoms with van der Waals surface area (Å²) in [6.45, 7) is 4.06. The van der Waals surface area contributed by atoms with Crippen LogP contribution in [0.15, 0.2) is 22.7 Å². The molecule has 4 nitrogen and oxygen atoms in total. The third kappa shape index (κ3) is 1.74. The van der Waals surface area contributed by atoms with Gasteiger partial charge in [0.05, 0.1) is 7.11 Å². The topological polar surface area (TPSA) is 61.3 Å². The third-order valence-corrected chi connectivity index (χ3v) is 2.66. The van der Waals surface area contributed by atoms with Crippen LogP contribution >= 0.6 is 0 Å². The first-order valence-electron chi connectivity index (χ1n) is 4.99. The lowest BCUT2D eigenvalue weighted by Crippen LogP contribution is -1.91. The summed E-state index contributed by atoms with van der Waals surface area (Å²) in [6, 6.07) is 5.66. The molecule has 0 saturated carbocycles. The van der Waals surface area contributed by atoms with Crippen LogP contribution in [0, 0.1) is 13.8 Å². The Morgan fingerprint density at radius 3 is 2.56 bits per heavy atom. The number of hydrogen-bond acceptors (Lipinski definition) is 4. The van der Waals surface area contributed by atoms with E-state index in [4.69, 9.17) is 15.0 Å². The van der Waals surface area contributed by atoms with Gasteiger partial charge < -0.3 is 15.0 Å². The quantitative estimate of drug-likeness (QED) is 0.841. The number of hydrogen-bond donors (Lipinski definition) is 1. The first-order chi connectivity index (χ1) is 7.61. The standard InChI is InChI=1S/C12H14N2O2/c1-7-4-9(5-11(15-3)8(7)2)10-6-12(13)16-14-10/h4-6H,13H2,1-3H3. The van der Waals surface area contributed by atoms with E-state index < -0.39 is 0 Å². The van der Waals surface area contributed by atoms with Crippen molar-refractivity contribution < 1.29 is 9.26 Å². The Bertz CT molecular complexity index is 518. The molecular weight excluding hydrogens is 204 g/mol.